The van der Waals surface area contributed by atoms with Crippen LogP contribution in [0.15, 0.2) is 18.2 Å². The van der Waals surface area contributed by atoms with Crippen LogP contribution in [0.1, 0.15) is 43.5 Å². The molecule has 0 aliphatic carbocycles. The minimum Gasteiger partial charge on any atom is -0.490 e. The van der Waals surface area contributed by atoms with Gasteiger partial charge in [-0.2, -0.15) is 0 Å². The van der Waals surface area contributed by atoms with Gasteiger partial charge in [0.1, 0.15) is 5.75 Å². The van der Waals surface area contributed by atoms with E-state index in [1.54, 1.807) is 23.1 Å². The molecule has 1 aromatic rings. The number of carbonyl (C=O) groups is 2. The number of nitrogens with zero attached hydrogens (tertiary/aromatic N) is 1. The van der Waals surface area contributed by atoms with Gasteiger partial charge in [0.05, 0.1) is 11.7 Å². The fourth-order valence-corrected chi connectivity index (χ4v) is 2.96. The van der Waals surface area contributed by atoms with Crippen molar-refractivity contribution in [2.75, 3.05) is 13.1 Å². The molecule has 1 N–H and O–H groups in total. The number of hydrogen-bond donors (Lipinski definition) is 1. The average Bonchev–Trinajstić information content (AvgIpc) is 2.48. The molecule has 0 bridgehead atoms. The maximum atomic E-state index is 12.8. The highest BCUT2D eigenvalue weighted by Gasteiger charge is 2.27. The molecule has 0 atom stereocenters. The van der Waals surface area contributed by atoms with Gasteiger partial charge in [-0.15, -0.1) is 0 Å². The molecule has 1 aliphatic heterocycles. The molecule has 0 spiro atoms. The molecular formula is C17H22ClNO4. The van der Waals surface area contributed by atoms with Gasteiger partial charge in [-0.25, -0.2) is 0 Å². The van der Waals surface area contributed by atoms with Gasteiger partial charge in [0.25, 0.3) is 5.91 Å². The Labute approximate surface area is 141 Å². The lowest BCUT2D eigenvalue weighted by Crippen LogP contribution is -2.39. The summed E-state index contributed by atoms with van der Waals surface area (Å²) in [5, 5.41) is 9.35. The van der Waals surface area contributed by atoms with Crippen molar-refractivity contribution in [2.45, 2.75) is 39.2 Å². The average molecular weight is 340 g/mol. The summed E-state index contributed by atoms with van der Waals surface area (Å²) < 4.78 is 5.70. The number of hydrogen-bond acceptors (Lipinski definition) is 3. The summed E-state index contributed by atoms with van der Waals surface area (Å²) in [5.74, 6) is -0.224. The first kappa shape index (κ1) is 17.6. The standard InChI is InChI=1S/C17H22ClNO4/c1-11(2)23-15-4-3-13(18)10-14(15)17(22)19-7-5-12(6-8-19)9-16(20)21/h3-4,10-12H,5-9H2,1-2H3,(H,20,21). The van der Waals surface area contributed by atoms with E-state index in [4.69, 9.17) is 21.4 Å². The van der Waals surface area contributed by atoms with Crippen LogP contribution in [-0.4, -0.2) is 41.1 Å². The van der Waals surface area contributed by atoms with Crippen LogP contribution in [0, 0.1) is 5.92 Å². The first-order valence-electron chi connectivity index (χ1n) is 7.84. The Balaban J connectivity index is 2.09. The summed E-state index contributed by atoms with van der Waals surface area (Å²) in [6.45, 7) is 4.93. The molecule has 1 aromatic carbocycles. The molecule has 5 nitrogen and oxygen atoms in total. The van der Waals surface area contributed by atoms with E-state index in [9.17, 15) is 9.59 Å². The molecular weight excluding hydrogens is 318 g/mol. The van der Waals surface area contributed by atoms with Gasteiger partial charge in [0, 0.05) is 24.5 Å². The van der Waals surface area contributed by atoms with Crippen LogP contribution < -0.4 is 4.74 Å². The Morgan fingerprint density at radius 2 is 2.00 bits per heavy atom. The van der Waals surface area contributed by atoms with Crippen molar-refractivity contribution in [2.24, 2.45) is 5.92 Å². The van der Waals surface area contributed by atoms with Crippen LogP contribution in [0.5, 0.6) is 5.75 Å². The topological polar surface area (TPSA) is 66.8 Å². The Morgan fingerprint density at radius 3 is 2.57 bits per heavy atom. The number of rotatable bonds is 5. The molecule has 0 aromatic heterocycles. The molecule has 126 valence electrons. The van der Waals surface area contributed by atoms with Crippen LogP contribution in [-0.2, 0) is 4.79 Å². The molecule has 0 unspecified atom stereocenters. The van der Waals surface area contributed by atoms with Gasteiger partial charge in [-0.3, -0.25) is 9.59 Å². The number of piperidine rings is 1. The van der Waals surface area contributed by atoms with Crippen molar-refractivity contribution in [1.29, 1.82) is 0 Å². The summed E-state index contributed by atoms with van der Waals surface area (Å²) in [4.78, 5) is 25.3. The fourth-order valence-electron chi connectivity index (χ4n) is 2.78. The third-order valence-electron chi connectivity index (χ3n) is 3.90. The molecule has 1 amide bonds. The van der Waals surface area contributed by atoms with E-state index >= 15 is 0 Å². The Kier molecular flexibility index (Phi) is 5.88. The van der Waals surface area contributed by atoms with Crippen molar-refractivity contribution in [1.82, 2.24) is 4.90 Å². The fraction of sp³-hybridized carbons (Fsp3) is 0.529. The van der Waals surface area contributed by atoms with E-state index in [1.807, 2.05) is 13.8 Å². The second-order valence-electron chi connectivity index (χ2n) is 6.14. The first-order valence-corrected chi connectivity index (χ1v) is 8.22. The monoisotopic (exact) mass is 339 g/mol. The summed E-state index contributed by atoms with van der Waals surface area (Å²) in [6, 6.07) is 5.05. The predicted octanol–water partition coefficient (Wildman–Crippen LogP) is 3.45. The van der Waals surface area contributed by atoms with Crippen LogP contribution in [0.3, 0.4) is 0 Å². The van der Waals surface area contributed by atoms with E-state index in [1.165, 1.54) is 0 Å². The molecule has 1 fully saturated rings. The van der Waals surface area contributed by atoms with Crippen molar-refractivity contribution in [3.63, 3.8) is 0 Å². The SMILES string of the molecule is CC(C)Oc1ccc(Cl)cc1C(=O)N1CCC(CC(=O)O)CC1. The molecule has 1 heterocycles. The number of ether oxygens (including phenoxy) is 1. The van der Waals surface area contributed by atoms with Gasteiger partial charge in [-0.05, 0) is 50.8 Å². The molecule has 2 rings (SSSR count). The van der Waals surface area contributed by atoms with Crippen molar-refractivity contribution < 1.29 is 19.4 Å². The molecule has 0 saturated carbocycles. The number of carbonyl (C=O) groups excluding carboxylic acids is 1. The lowest BCUT2D eigenvalue weighted by Gasteiger charge is -2.32. The highest BCUT2D eigenvalue weighted by Crippen LogP contribution is 2.28. The number of carboxylic acids is 1. The van der Waals surface area contributed by atoms with Crippen molar-refractivity contribution in [3.8, 4) is 5.75 Å². The lowest BCUT2D eigenvalue weighted by molar-refractivity contribution is -0.138. The number of likely N-dealkylation sites (tertiary alicyclic amines) is 1. The Bertz CT molecular complexity index is 580. The largest absolute Gasteiger partial charge is 0.490 e. The summed E-state index contributed by atoms with van der Waals surface area (Å²) in [5.41, 5.74) is 0.461. The van der Waals surface area contributed by atoms with E-state index in [-0.39, 0.29) is 24.3 Å². The minimum absolute atomic E-state index is 0.0379. The number of aliphatic carboxylic acids is 1. The summed E-state index contributed by atoms with van der Waals surface area (Å²) in [7, 11) is 0. The van der Waals surface area contributed by atoms with Crippen LogP contribution in [0.25, 0.3) is 0 Å². The van der Waals surface area contributed by atoms with Gasteiger partial charge in [0.2, 0.25) is 0 Å². The smallest absolute Gasteiger partial charge is 0.303 e. The van der Waals surface area contributed by atoms with Gasteiger partial charge in [-0.1, -0.05) is 11.6 Å². The summed E-state index contributed by atoms with van der Waals surface area (Å²) >= 11 is 6.03. The summed E-state index contributed by atoms with van der Waals surface area (Å²) in [6.07, 6.45) is 1.54. The molecule has 0 radical (unpaired) electrons. The minimum atomic E-state index is -0.780. The van der Waals surface area contributed by atoms with Crippen LogP contribution >= 0.6 is 11.6 Å². The van der Waals surface area contributed by atoms with Crippen LogP contribution in [0.2, 0.25) is 5.02 Å². The Hall–Kier alpha value is -1.75. The third kappa shape index (κ3) is 4.86. The normalized spacial score (nSPS) is 15.7. The van der Waals surface area contributed by atoms with Gasteiger partial charge in [0.15, 0.2) is 0 Å². The number of carboxylic acid groups (broad SMARTS) is 1. The second-order valence-corrected chi connectivity index (χ2v) is 6.58. The maximum Gasteiger partial charge on any atom is 0.303 e. The highest BCUT2D eigenvalue weighted by molar-refractivity contribution is 6.31. The molecule has 1 saturated heterocycles. The third-order valence-corrected chi connectivity index (χ3v) is 4.13. The second kappa shape index (κ2) is 7.68. The van der Waals surface area contributed by atoms with E-state index < -0.39 is 5.97 Å². The van der Waals surface area contributed by atoms with Gasteiger partial charge < -0.3 is 14.7 Å². The van der Waals surface area contributed by atoms with Crippen molar-refractivity contribution >= 4 is 23.5 Å². The zero-order valence-electron chi connectivity index (χ0n) is 13.4. The zero-order chi connectivity index (χ0) is 17.0. The lowest BCUT2D eigenvalue weighted by atomic mass is 9.93. The van der Waals surface area contributed by atoms with Gasteiger partial charge >= 0.3 is 5.97 Å². The van der Waals surface area contributed by atoms with E-state index in [0.717, 1.165) is 0 Å². The van der Waals surface area contributed by atoms with Crippen LogP contribution in [0.4, 0.5) is 0 Å². The number of amides is 1. The highest BCUT2D eigenvalue weighted by atomic mass is 35.5. The zero-order valence-corrected chi connectivity index (χ0v) is 14.2. The van der Waals surface area contributed by atoms with E-state index in [0.29, 0.717) is 42.3 Å². The van der Waals surface area contributed by atoms with E-state index in [2.05, 4.69) is 0 Å². The Morgan fingerprint density at radius 1 is 1.35 bits per heavy atom. The molecule has 6 heteroatoms. The predicted molar refractivity (Wildman–Crippen MR) is 88.1 cm³/mol. The first-order chi connectivity index (χ1) is 10.9. The van der Waals surface area contributed by atoms with Crippen molar-refractivity contribution in [3.05, 3.63) is 28.8 Å². The maximum absolute atomic E-state index is 12.8. The quantitative estimate of drug-likeness (QED) is 0.892. The molecule has 23 heavy (non-hydrogen) atoms. The molecule has 1 aliphatic rings. The number of halogens is 1. The number of benzene rings is 1.